The molecule has 0 bridgehead atoms. The van der Waals surface area contributed by atoms with Crippen molar-refractivity contribution in [3.05, 3.63) is 41.0 Å². The van der Waals surface area contributed by atoms with Crippen LogP contribution in [0.4, 0.5) is 0 Å². The minimum Gasteiger partial charge on any atom is -0.507 e. The third kappa shape index (κ3) is 1.78. The van der Waals surface area contributed by atoms with Gasteiger partial charge in [0.1, 0.15) is 5.75 Å². The summed E-state index contributed by atoms with van der Waals surface area (Å²) in [5.74, 6) is -0.490. The van der Waals surface area contributed by atoms with Crippen LogP contribution in [-0.4, -0.2) is 15.3 Å². The topological polar surface area (TPSA) is 60.7 Å². The van der Waals surface area contributed by atoms with Crippen LogP contribution < -0.4 is 0 Å². The first-order chi connectivity index (χ1) is 8.43. The molecule has 0 aliphatic rings. The average Bonchev–Trinajstić information content (AvgIpc) is 2.30. The van der Waals surface area contributed by atoms with E-state index in [-0.39, 0.29) is 22.8 Å². The summed E-state index contributed by atoms with van der Waals surface area (Å²) in [6.07, 6.45) is 0. The number of phenols is 3. The minimum absolute atomic E-state index is 0.0276. The lowest BCUT2D eigenvalue weighted by molar-refractivity contribution is 0.396. The number of rotatable bonds is 1. The Morgan fingerprint density at radius 3 is 1.83 bits per heavy atom. The first-order valence-electron chi connectivity index (χ1n) is 5.74. The molecule has 0 fully saturated rings. The fourth-order valence-electron chi connectivity index (χ4n) is 2.23. The molecule has 0 saturated heterocycles. The van der Waals surface area contributed by atoms with Gasteiger partial charge in [0.15, 0.2) is 11.5 Å². The maximum atomic E-state index is 10.1. The van der Waals surface area contributed by atoms with Gasteiger partial charge in [0.2, 0.25) is 0 Å². The highest BCUT2D eigenvalue weighted by atomic mass is 16.3. The molecule has 0 spiro atoms. The van der Waals surface area contributed by atoms with Crippen molar-refractivity contribution >= 4 is 0 Å². The number of aromatic hydroxyl groups is 3. The van der Waals surface area contributed by atoms with Crippen LogP contribution >= 0.6 is 0 Å². The molecule has 18 heavy (non-hydrogen) atoms. The van der Waals surface area contributed by atoms with Crippen LogP contribution in [0.2, 0.25) is 0 Å². The van der Waals surface area contributed by atoms with Gasteiger partial charge in [0, 0.05) is 0 Å². The van der Waals surface area contributed by atoms with Crippen LogP contribution in [0, 0.1) is 20.8 Å². The summed E-state index contributed by atoms with van der Waals surface area (Å²) in [6.45, 7) is 5.43. The van der Waals surface area contributed by atoms with E-state index in [1.165, 1.54) is 6.07 Å². The minimum atomic E-state index is -0.273. The maximum absolute atomic E-state index is 10.1. The van der Waals surface area contributed by atoms with E-state index in [9.17, 15) is 15.3 Å². The summed E-state index contributed by atoms with van der Waals surface area (Å²) < 4.78 is 0. The summed E-state index contributed by atoms with van der Waals surface area (Å²) in [5.41, 5.74) is 3.35. The van der Waals surface area contributed by atoms with Gasteiger partial charge in [-0.2, -0.15) is 0 Å². The largest absolute Gasteiger partial charge is 0.507 e. The molecule has 0 saturated carbocycles. The van der Waals surface area contributed by atoms with Crippen LogP contribution in [0.1, 0.15) is 16.7 Å². The second kappa shape index (κ2) is 4.26. The van der Waals surface area contributed by atoms with Crippen molar-refractivity contribution in [2.45, 2.75) is 20.8 Å². The van der Waals surface area contributed by atoms with Gasteiger partial charge >= 0.3 is 0 Å². The highest BCUT2D eigenvalue weighted by molar-refractivity contribution is 5.83. The first-order valence-corrected chi connectivity index (χ1v) is 5.74. The molecule has 2 aromatic carbocycles. The highest BCUT2D eigenvalue weighted by Crippen LogP contribution is 2.46. The second-order valence-corrected chi connectivity index (χ2v) is 4.55. The molecule has 3 N–H and O–H groups in total. The van der Waals surface area contributed by atoms with E-state index in [0.717, 1.165) is 16.7 Å². The lowest BCUT2D eigenvalue weighted by atomic mass is 9.93. The fourth-order valence-corrected chi connectivity index (χ4v) is 2.23. The quantitative estimate of drug-likeness (QED) is 0.532. The van der Waals surface area contributed by atoms with Gasteiger partial charge in [-0.3, -0.25) is 0 Å². The molecule has 0 aromatic heterocycles. The molecule has 94 valence electrons. The number of aryl methyl sites for hydroxylation is 3. The van der Waals surface area contributed by atoms with E-state index in [4.69, 9.17) is 0 Å². The van der Waals surface area contributed by atoms with Crippen molar-refractivity contribution in [1.82, 2.24) is 0 Å². The predicted octanol–water partition coefficient (Wildman–Crippen LogP) is 3.40. The predicted molar refractivity (Wildman–Crippen MR) is 71.1 cm³/mol. The SMILES string of the molecule is Cc1cc(O)c(-c2c(C)cccc2C)c(O)c1O. The van der Waals surface area contributed by atoms with Crippen molar-refractivity contribution in [3.63, 3.8) is 0 Å². The summed E-state index contributed by atoms with van der Waals surface area (Å²) in [5, 5.41) is 29.9. The summed E-state index contributed by atoms with van der Waals surface area (Å²) >= 11 is 0. The number of hydrogen-bond donors (Lipinski definition) is 3. The molecular weight excluding hydrogens is 228 g/mol. The molecule has 0 amide bonds. The van der Waals surface area contributed by atoms with Gasteiger partial charge in [-0.15, -0.1) is 0 Å². The number of benzene rings is 2. The van der Waals surface area contributed by atoms with E-state index in [2.05, 4.69) is 0 Å². The Morgan fingerprint density at radius 1 is 0.722 bits per heavy atom. The van der Waals surface area contributed by atoms with Crippen molar-refractivity contribution in [2.24, 2.45) is 0 Å². The molecule has 2 aromatic rings. The average molecular weight is 244 g/mol. The molecular formula is C15H16O3. The van der Waals surface area contributed by atoms with E-state index in [1.807, 2.05) is 32.0 Å². The van der Waals surface area contributed by atoms with E-state index in [1.54, 1.807) is 6.92 Å². The third-order valence-electron chi connectivity index (χ3n) is 3.18. The molecule has 3 heteroatoms. The standard InChI is InChI=1S/C15H16O3/c1-8-5-4-6-9(2)12(8)13-11(16)7-10(3)14(17)15(13)18/h4-7,16-18H,1-3H3. The van der Waals surface area contributed by atoms with Crippen LogP contribution in [0.5, 0.6) is 17.2 Å². The van der Waals surface area contributed by atoms with Gasteiger partial charge in [-0.1, -0.05) is 18.2 Å². The Kier molecular flexibility index (Phi) is 2.91. The lowest BCUT2D eigenvalue weighted by Crippen LogP contribution is -1.90. The Morgan fingerprint density at radius 2 is 1.28 bits per heavy atom. The molecule has 3 nitrogen and oxygen atoms in total. The van der Waals surface area contributed by atoms with Gasteiger partial charge in [0.05, 0.1) is 5.56 Å². The van der Waals surface area contributed by atoms with Gasteiger partial charge < -0.3 is 15.3 Å². The van der Waals surface area contributed by atoms with Crippen molar-refractivity contribution in [2.75, 3.05) is 0 Å². The van der Waals surface area contributed by atoms with Gasteiger partial charge in [0.25, 0.3) is 0 Å². The number of phenolic OH excluding ortho intramolecular Hbond substituents is 3. The van der Waals surface area contributed by atoms with Crippen molar-refractivity contribution in [1.29, 1.82) is 0 Å². The smallest absolute Gasteiger partial charge is 0.169 e. The second-order valence-electron chi connectivity index (χ2n) is 4.55. The normalized spacial score (nSPS) is 10.6. The molecule has 2 rings (SSSR count). The summed E-state index contributed by atoms with van der Waals surface area (Å²) in [4.78, 5) is 0. The van der Waals surface area contributed by atoms with E-state index >= 15 is 0 Å². The van der Waals surface area contributed by atoms with Gasteiger partial charge in [-0.25, -0.2) is 0 Å². The molecule has 0 heterocycles. The zero-order chi connectivity index (χ0) is 13.4. The zero-order valence-electron chi connectivity index (χ0n) is 10.7. The molecule has 0 unspecified atom stereocenters. The monoisotopic (exact) mass is 244 g/mol. The lowest BCUT2D eigenvalue weighted by Gasteiger charge is -2.15. The van der Waals surface area contributed by atoms with Crippen LogP contribution in [0.25, 0.3) is 11.1 Å². The number of hydrogen-bond acceptors (Lipinski definition) is 3. The zero-order valence-corrected chi connectivity index (χ0v) is 10.7. The summed E-state index contributed by atoms with van der Waals surface area (Å²) in [6, 6.07) is 7.17. The molecule has 0 aliphatic heterocycles. The Labute approximate surface area is 106 Å². The van der Waals surface area contributed by atoms with Crippen LogP contribution in [0.15, 0.2) is 24.3 Å². The molecule has 0 aliphatic carbocycles. The third-order valence-corrected chi connectivity index (χ3v) is 3.18. The van der Waals surface area contributed by atoms with Crippen molar-refractivity contribution < 1.29 is 15.3 Å². The molecule has 0 atom stereocenters. The van der Waals surface area contributed by atoms with E-state index < -0.39 is 0 Å². The Balaban J connectivity index is 2.84. The van der Waals surface area contributed by atoms with Gasteiger partial charge in [-0.05, 0) is 49.1 Å². The Bertz CT molecular complexity index is 595. The summed E-state index contributed by atoms with van der Waals surface area (Å²) in [7, 11) is 0. The Hall–Kier alpha value is -2.16. The molecule has 0 radical (unpaired) electrons. The fraction of sp³-hybridized carbons (Fsp3) is 0.200. The van der Waals surface area contributed by atoms with Crippen LogP contribution in [0.3, 0.4) is 0 Å². The first kappa shape index (κ1) is 12.3. The highest BCUT2D eigenvalue weighted by Gasteiger charge is 2.19. The maximum Gasteiger partial charge on any atom is 0.169 e. The van der Waals surface area contributed by atoms with Crippen LogP contribution in [-0.2, 0) is 0 Å². The van der Waals surface area contributed by atoms with E-state index in [0.29, 0.717) is 5.56 Å². The van der Waals surface area contributed by atoms with Crippen molar-refractivity contribution in [3.8, 4) is 28.4 Å².